The highest BCUT2D eigenvalue weighted by molar-refractivity contribution is 5.55. The van der Waals surface area contributed by atoms with Crippen LogP contribution in [0, 0.1) is 10.1 Å². The maximum atomic E-state index is 10.5. The van der Waals surface area contributed by atoms with Crippen molar-refractivity contribution >= 4 is 6.29 Å². The van der Waals surface area contributed by atoms with E-state index in [9.17, 15) is 14.9 Å². The van der Waals surface area contributed by atoms with E-state index in [2.05, 4.69) is 43.4 Å². The third kappa shape index (κ3) is 15.2. The molecule has 0 N–H and O–H groups in total. The molecule has 0 saturated carbocycles. The summed E-state index contributed by atoms with van der Waals surface area (Å²) in [6.07, 6.45) is 24.7. The Bertz CT molecular complexity index is 400. The summed E-state index contributed by atoms with van der Waals surface area (Å²) in [7, 11) is 0. The van der Waals surface area contributed by atoms with E-state index in [0.29, 0.717) is 12.7 Å². The molecule has 24 heavy (non-hydrogen) atoms. The van der Waals surface area contributed by atoms with Crippen molar-refractivity contribution < 1.29 is 9.72 Å². The normalized spacial score (nSPS) is 13.2. The van der Waals surface area contributed by atoms with E-state index < -0.39 is 11.0 Å². The Hall–Kier alpha value is -1.71. The van der Waals surface area contributed by atoms with Crippen molar-refractivity contribution in [3.05, 3.63) is 46.6 Å². The van der Waals surface area contributed by atoms with Crippen LogP contribution in [-0.4, -0.2) is 17.3 Å². The van der Waals surface area contributed by atoms with Crippen LogP contribution in [0.25, 0.3) is 0 Å². The van der Waals surface area contributed by atoms with Gasteiger partial charge in [0.1, 0.15) is 0 Å². The lowest BCUT2D eigenvalue weighted by Crippen LogP contribution is -2.20. The zero-order valence-electron chi connectivity index (χ0n) is 15.1. The molecule has 0 aromatic heterocycles. The Kier molecular flexibility index (Phi) is 16.4. The van der Waals surface area contributed by atoms with Gasteiger partial charge in [0.2, 0.25) is 0 Å². The quantitative estimate of drug-likeness (QED) is 0.117. The molecule has 1 unspecified atom stereocenters. The molecule has 0 bridgehead atoms. The minimum absolute atomic E-state index is 0.356. The van der Waals surface area contributed by atoms with Gasteiger partial charge in [0.15, 0.2) is 6.29 Å². The van der Waals surface area contributed by atoms with Gasteiger partial charge in [0.05, 0.1) is 0 Å². The fraction of sp³-hybridized carbons (Fsp3) is 0.650. The summed E-state index contributed by atoms with van der Waals surface area (Å²) in [4.78, 5) is 20.4. The topological polar surface area (TPSA) is 60.2 Å². The van der Waals surface area contributed by atoms with Gasteiger partial charge in [0, 0.05) is 11.3 Å². The van der Waals surface area contributed by atoms with Crippen LogP contribution in [0.5, 0.6) is 0 Å². The maximum Gasteiger partial charge on any atom is 0.267 e. The second-order valence-electron chi connectivity index (χ2n) is 6.01. The third-order valence-electron chi connectivity index (χ3n) is 3.82. The van der Waals surface area contributed by atoms with Crippen LogP contribution in [-0.2, 0) is 4.79 Å². The largest absolute Gasteiger partial charge is 0.296 e. The fourth-order valence-corrected chi connectivity index (χ4v) is 2.31. The number of carbonyl (C=O) groups excluding carboxylic acids is 1. The first-order valence-electron chi connectivity index (χ1n) is 9.26. The first-order chi connectivity index (χ1) is 11.7. The van der Waals surface area contributed by atoms with Gasteiger partial charge in [-0.25, -0.2) is 0 Å². The SMILES string of the molecule is CCCCC/C=C/C/C=C/C/C=C/CCCCCC(C=O)[N+](=O)[O-]. The maximum absolute atomic E-state index is 10.5. The fourth-order valence-electron chi connectivity index (χ4n) is 2.31. The summed E-state index contributed by atoms with van der Waals surface area (Å²) in [5, 5.41) is 10.5. The molecule has 136 valence electrons. The molecule has 0 aromatic rings. The molecule has 0 aliphatic heterocycles. The van der Waals surface area contributed by atoms with E-state index in [4.69, 9.17) is 0 Å². The van der Waals surface area contributed by atoms with Crippen LogP contribution < -0.4 is 0 Å². The number of aldehydes is 1. The van der Waals surface area contributed by atoms with E-state index in [-0.39, 0.29) is 0 Å². The number of nitrogens with zero attached hydrogens (tertiary/aromatic N) is 1. The van der Waals surface area contributed by atoms with Gasteiger partial charge in [-0.05, 0) is 44.9 Å². The number of hydrogen-bond acceptors (Lipinski definition) is 3. The molecule has 0 rings (SSSR count). The molecule has 0 spiro atoms. The summed E-state index contributed by atoms with van der Waals surface area (Å²) in [6.45, 7) is 2.22. The third-order valence-corrected chi connectivity index (χ3v) is 3.82. The predicted octanol–water partition coefficient (Wildman–Crippen LogP) is 5.81. The monoisotopic (exact) mass is 335 g/mol. The average molecular weight is 335 g/mol. The van der Waals surface area contributed by atoms with E-state index in [1.165, 1.54) is 25.7 Å². The van der Waals surface area contributed by atoms with E-state index in [0.717, 1.165) is 38.5 Å². The number of allylic oxidation sites excluding steroid dienone is 6. The van der Waals surface area contributed by atoms with Gasteiger partial charge < -0.3 is 0 Å². The van der Waals surface area contributed by atoms with Gasteiger partial charge in [0.25, 0.3) is 6.04 Å². The van der Waals surface area contributed by atoms with Gasteiger partial charge in [-0.3, -0.25) is 14.9 Å². The highest BCUT2D eigenvalue weighted by atomic mass is 16.6. The van der Waals surface area contributed by atoms with Crippen molar-refractivity contribution in [1.82, 2.24) is 0 Å². The van der Waals surface area contributed by atoms with Crippen LogP contribution >= 0.6 is 0 Å². The van der Waals surface area contributed by atoms with E-state index in [1.807, 2.05) is 0 Å². The number of nitro groups is 1. The number of unbranched alkanes of at least 4 members (excludes halogenated alkanes) is 6. The highest BCUT2D eigenvalue weighted by Crippen LogP contribution is 2.07. The molecule has 0 radical (unpaired) electrons. The van der Waals surface area contributed by atoms with Crippen LogP contribution in [0.15, 0.2) is 36.5 Å². The zero-order valence-corrected chi connectivity index (χ0v) is 15.1. The van der Waals surface area contributed by atoms with Crippen molar-refractivity contribution in [1.29, 1.82) is 0 Å². The number of carbonyl (C=O) groups is 1. The van der Waals surface area contributed by atoms with Gasteiger partial charge >= 0.3 is 0 Å². The van der Waals surface area contributed by atoms with Gasteiger partial charge in [-0.1, -0.05) is 62.6 Å². The molecule has 0 saturated heterocycles. The van der Waals surface area contributed by atoms with Crippen molar-refractivity contribution in [3.63, 3.8) is 0 Å². The summed E-state index contributed by atoms with van der Waals surface area (Å²) in [5.41, 5.74) is 0. The molecule has 0 aromatic carbocycles. The van der Waals surface area contributed by atoms with Crippen LogP contribution in [0.1, 0.15) is 77.6 Å². The molecule has 0 aliphatic carbocycles. The Morgan fingerprint density at radius 2 is 1.38 bits per heavy atom. The lowest BCUT2D eigenvalue weighted by atomic mass is 10.1. The molecule has 0 fully saturated rings. The Morgan fingerprint density at radius 1 is 0.833 bits per heavy atom. The Morgan fingerprint density at radius 3 is 1.88 bits per heavy atom. The molecule has 1 atom stereocenters. The van der Waals surface area contributed by atoms with E-state index in [1.54, 1.807) is 0 Å². The first kappa shape index (κ1) is 22.3. The summed E-state index contributed by atoms with van der Waals surface area (Å²) in [6, 6.07) is -1.02. The van der Waals surface area contributed by atoms with Crippen LogP contribution in [0.2, 0.25) is 0 Å². The Labute approximate surface area is 146 Å². The molecule has 4 heteroatoms. The van der Waals surface area contributed by atoms with Gasteiger partial charge in [-0.15, -0.1) is 0 Å². The number of hydrogen-bond donors (Lipinski definition) is 0. The summed E-state index contributed by atoms with van der Waals surface area (Å²) < 4.78 is 0. The molecular weight excluding hydrogens is 302 g/mol. The molecule has 0 heterocycles. The zero-order chi connectivity index (χ0) is 17.9. The minimum Gasteiger partial charge on any atom is -0.296 e. The lowest BCUT2D eigenvalue weighted by molar-refractivity contribution is -0.506. The van der Waals surface area contributed by atoms with Gasteiger partial charge in [-0.2, -0.15) is 0 Å². The molecule has 0 aliphatic rings. The van der Waals surface area contributed by atoms with E-state index >= 15 is 0 Å². The lowest BCUT2D eigenvalue weighted by Gasteiger charge is -2.01. The first-order valence-corrected chi connectivity index (χ1v) is 9.26. The smallest absolute Gasteiger partial charge is 0.267 e. The summed E-state index contributed by atoms with van der Waals surface area (Å²) in [5.74, 6) is 0. The molecule has 4 nitrogen and oxygen atoms in total. The number of rotatable bonds is 16. The standard InChI is InChI=1S/C20H33NO3/c1-2-3-4-5-6-7-8-9-10-11-12-13-14-15-16-17-18-20(19-22)21(23)24/h6-7,9-10,12-13,19-20H,2-5,8,11,14-18H2,1H3/b7-6+,10-9+,13-12+. The molecule has 0 amide bonds. The van der Waals surface area contributed by atoms with Crippen molar-refractivity contribution in [3.8, 4) is 0 Å². The predicted molar refractivity (Wildman–Crippen MR) is 101 cm³/mol. The second-order valence-corrected chi connectivity index (χ2v) is 6.01. The van der Waals surface area contributed by atoms with Crippen molar-refractivity contribution in [2.24, 2.45) is 0 Å². The summed E-state index contributed by atoms with van der Waals surface area (Å²) >= 11 is 0. The van der Waals surface area contributed by atoms with Crippen molar-refractivity contribution in [2.75, 3.05) is 0 Å². The van der Waals surface area contributed by atoms with Crippen LogP contribution in [0.3, 0.4) is 0 Å². The average Bonchev–Trinajstić information content (AvgIpc) is 2.57. The minimum atomic E-state index is -1.02. The highest BCUT2D eigenvalue weighted by Gasteiger charge is 2.17. The Balaban J connectivity index is 3.45. The van der Waals surface area contributed by atoms with Crippen LogP contribution in [0.4, 0.5) is 0 Å². The molecular formula is C20H33NO3. The van der Waals surface area contributed by atoms with Crippen molar-refractivity contribution in [2.45, 2.75) is 83.6 Å². The second kappa shape index (κ2) is 17.6.